The Morgan fingerprint density at radius 2 is 1.72 bits per heavy atom. The molecular formula is C22H30N4O3. The molecule has 1 atom stereocenters. The summed E-state index contributed by atoms with van der Waals surface area (Å²) in [5.41, 5.74) is 3.39. The SMILES string of the molecule is Cc1cc2ncn(C[C@@H](O)CN3C(=O)NC4(CCCCCCC4)C3=O)c2cc1C. The van der Waals surface area contributed by atoms with Crippen LogP contribution >= 0.6 is 0 Å². The van der Waals surface area contributed by atoms with Crippen LogP contribution in [-0.2, 0) is 11.3 Å². The van der Waals surface area contributed by atoms with Gasteiger partial charge in [0.05, 0.1) is 36.6 Å². The minimum atomic E-state index is -0.854. The predicted molar refractivity (Wildman–Crippen MR) is 111 cm³/mol. The Bertz CT molecular complexity index is 928. The van der Waals surface area contributed by atoms with Crippen LogP contribution in [0.5, 0.6) is 0 Å². The smallest absolute Gasteiger partial charge is 0.325 e. The molecule has 156 valence electrons. The topological polar surface area (TPSA) is 87.5 Å². The van der Waals surface area contributed by atoms with E-state index < -0.39 is 11.6 Å². The molecule has 2 aromatic rings. The molecule has 29 heavy (non-hydrogen) atoms. The third-order valence-electron chi connectivity index (χ3n) is 6.49. The first-order chi connectivity index (χ1) is 13.9. The van der Waals surface area contributed by atoms with Crippen molar-refractivity contribution in [2.24, 2.45) is 0 Å². The maximum absolute atomic E-state index is 13.1. The van der Waals surface area contributed by atoms with Crippen LogP contribution in [0.15, 0.2) is 18.5 Å². The van der Waals surface area contributed by atoms with E-state index in [1.165, 1.54) is 16.9 Å². The molecule has 0 radical (unpaired) electrons. The van der Waals surface area contributed by atoms with E-state index in [9.17, 15) is 14.7 Å². The fourth-order valence-electron chi connectivity index (χ4n) is 4.64. The number of nitrogens with zero attached hydrogens (tertiary/aromatic N) is 3. The third-order valence-corrected chi connectivity index (χ3v) is 6.49. The van der Waals surface area contributed by atoms with Crippen molar-refractivity contribution in [2.75, 3.05) is 6.54 Å². The number of benzene rings is 1. The molecule has 1 aliphatic heterocycles. The van der Waals surface area contributed by atoms with Gasteiger partial charge in [-0.25, -0.2) is 9.78 Å². The Kier molecular flexibility index (Phi) is 5.34. The number of imidazole rings is 1. The van der Waals surface area contributed by atoms with Crippen LogP contribution in [0.4, 0.5) is 4.79 Å². The lowest BCUT2D eigenvalue weighted by molar-refractivity contribution is -0.133. The second-order valence-corrected chi connectivity index (χ2v) is 8.67. The minimum absolute atomic E-state index is 0.00304. The van der Waals surface area contributed by atoms with Gasteiger partial charge in [0.1, 0.15) is 5.54 Å². The van der Waals surface area contributed by atoms with Crippen molar-refractivity contribution >= 4 is 23.0 Å². The van der Waals surface area contributed by atoms with Gasteiger partial charge in [0.2, 0.25) is 0 Å². The predicted octanol–water partition coefficient (Wildman–Crippen LogP) is 3.05. The molecule has 1 saturated heterocycles. The third kappa shape index (κ3) is 3.75. The molecule has 1 aromatic carbocycles. The van der Waals surface area contributed by atoms with Crippen LogP contribution < -0.4 is 5.32 Å². The molecule has 3 amide bonds. The molecule has 0 bridgehead atoms. The lowest BCUT2D eigenvalue weighted by atomic mass is 9.84. The van der Waals surface area contributed by atoms with Crippen molar-refractivity contribution in [1.29, 1.82) is 0 Å². The van der Waals surface area contributed by atoms with Gasteiger partial charge >= 0.3 is 6.03 Å². The highest BCUT2D eigenvalue weighted by Gasteiger charge is 2.50. The Hall–Kier alpha value is -2.41. The number of hydrogen-bond acceptors (Lipinski definition) is 4. The molecule has 2 heterocycles. The fraction of sp³-hybridized carbons (Fsp3) is 0.591. The number of urea groups is 1. The van der Waals surface area contributed by atoms with E-state index in [2.05, 4.69) is 16.4 Å². The van der Waals surface area contributed by atoms with E-state index in [-0.39, 0.29) is 25.0 Å². The number of aromatic nitrogens is 2. The van der Waals surface area contributed by atoms with Crippen LogP contribution in [0.3, 0.4) is 0 Å². The van der Waals surface area contributed by atoms with Gasteiger partial charge in [0.25, 0.3) is 5.91 Å². The maximum Gasteiger partial charge on any atom is 0.325 e. The first-order valence-electron chi connectivity index (χ1n) is 10.6. The standard InChI is InChI=1S/C22H30N4O3/c1-15-10-18-19(11-16(15)2)25(14-23-18)12-17(27)13-26-20(28)22(24-21(26)29)8-6-4-3-5-7-9-22/h10-11,14,17,27H,3-9,12-13H2,1-2H3,(H,24,29)/t17-/m1/s1. The van der Waals surface area contributed by atoms with Crippen LogP contribution in [0.1, 0.15) is 56.1 Å². The van der Waals surface area contributed by atoms with Gasteiger partial charge in [-0.05, 0) is 49.9 Å². The molecular weight excluding hydrogens is 368 g/mol. The van der Waals surface area contributed by atoms with E-state index in [0.717, 1.165) is 42.3 Å². The quantitative estimate of drug-likeness (QED) is 0.775. The molecule has 7 heteroatoms. The summed E-state index contributed by atoms with van der Waals surface area (Å²) in [5, 5.41) is 13.6. The molecule has 2 aliphatic rings. The molecule has 1 aliphatic carbocycles. The average Bonchev–Trinajstić information content (AvgIpc) is 3.13. The molecule has 1 saturated carbocycles. The lowest BCUT2D eigenvalue weighted by Gasteiger charge is -2.28. The number of fused-ring (bicyclic) bond motifs is 1. The normalized spacial score (nSPS) is 20.7. The van der Waals surface area contributed by atoms with Crippen molar-refractivity contribution in [2.45, 2.75) is 77.0 Å². The van der Waals surface area contributed by atoms with Crippen LogP contribution in [0.25, 0.3) is 11.0 Å². The fourth-order valence-corrected chi connectivity index (χ4v) is 4.64. The first-order valence-corrected chi connectivity index (χ1v) is 10.6. The zero-order valence-electron chi connectivity index (χ0n) is 17.3. The number of aryl methyl sites for hydroxylation is 2. The molecule has 1 aromatic heterocycles. The van der Waals surface area contributed by atoms with Crippen LogP contribution in [-0.4, -0.2) is 49.7 Å². The molecule has 7 nitrogen and oxygen atoms in total. The van der Waals surface area contributed by atoms with Crippen LogP contribution in [0.2, 0.25) is 0 Å². The Morgan fingerprint density at radius 3 is 2.45 bits per heavy atom. The second kappa shape index (κ2) is 7.78. The number of aliphatic hydroxyl groups excluding tert-OH is 1. The van der Waals surface area contributed by atoms with Gasteiger partial charge < -0.3 is 15.0 Å². The second-order valence-electron chi connectivity index (χ2n) is 8.67. The number of carbonyl (C=O) groups is 2. The Morgan fingerprint density at radius 1 is 1.07 bits per heavy atom. The summed E-state index contributed by atoms with van der Waals surface area (Å²) in [6.07, 6.45) is 7.51. The number of carbonyl (C=O) groups excluding carboxylic acids is 2. The van der Waals surface area contributed by atoms with Crippen molar-refractivity contribution in [3.8, 4) is 0 Å². The zero-order valence-corrected chi connectivity index (χ0v) is 17.3. The summed E-state index contributed by atoms with van der Waals surface area (Å²) in [6, 6.07) is 3.71. The molecule has 2 N–H and O–H groups in total. The van der Waals surface area contributed by atoms with Gasteiger partial charge in [0, 0.05) is 0 Å². The van der Waals surface area contributed by atoms with Crippen molar-refractivity contribution in [3.63, 3.8) is 0 Å². The van der Waals surface area contributed by atoms with Gasteiger partial charge in [0.15, 0.2) is 0 Å². The zero-order chi connectivity index (χ0) is 20.6. The molecule has 2 fully saturated rings. The number of aliphatic hydroxyl groups is 1. The van der Waals surface area contributed by atoms with Gasteiger partial charge in [-0.1, -0.05) is 32.1 Å². The van der Waals surface area contributed by atoms with E-state index >= 15 is 0 Å². The largest absolute Gasteiger partial charge is 0.389 e. The summed E-state index contributed by atoms with van der Waals surface area (Å²) in [4.78, 5) is 31.3. The molecule has 1 spiro atoms. The van der Waals surface area contributed by atoms with Gasteiger partial charge in [-0.2, -0.15) is 0 Å². The number of hydrogen-bond donors (Lipinski definition) is 2. The van der Waals surface area contributed by atoms with Crippen molar-refractivity contribution < 1.29 is 14.7 Å². The highest BCUT2D eigenvalue weighted by Crippen LogP contribution is 2.32. The first kappa shape index (κ1) is 19.9. The monoisotopic (exact) mass is 398 g/mol. The van der Waals surface area contributed by atoms with Gasteiger partial charge in [-0.3, -0.25) is 9.69 Å². The van der Waals surface area contributed by atoms with E-state index in [1.807, 2.05) is 24.5 Å². The highest BCUT2D eigenvalue weighted by molar-refractivity contribution is 6.07. The highest BCUT2D eigenvalue weighted by atomic mass is 16.3. The summed E-state index contributed by atoms with van der Waals surface area (Å²) < 4.78 is 1.89. The lowest BCUT2D eigenvalue weighted by Crippen LogP contribution is -2.47. The molecule has 0 unspecified atom stereocenters. The van der Waals surface area contributed by atoms with E-state index in [0.29, 0.717) is 12.8 Å². The summed E-state index contributed by atoms with van der Waals surface area (Å²) in [7, 11) is 0. The molecule has 4 rings (SSSR count). The number of amides is 3. The van der Waals surface area contributed by atoms with E-state index in [1.54, 1.807) is 6.33 Å². The summed E-state index contributed by atoms with van der Waals surface area (Å²) in [5.74, 6) is -0.176. The Balaban J connectivity index is 1.47. The van der Waals surface area contributed by atoms with Crippen LogP contribution in [0, 0.1) is 13.8 Å². The number of rotatable bonds is 4. The maximum atomic E-state index is 13.1. The summed E-state index contributed by atoms with van der Waals surface area (Å²) >= 11 is 0. The van der Waals surface area contributed by atoms with Gasteiger partial charge in [-0.15, -0.1) is 0 Å². The summed E-state index contributed by atoms with van der Waals surface area (Å²) in [6.45, 7) is 4.37. The Labute approximate surface area is 171 Å². The van der Waals surface area contributed by atoms with Crippen molar-refractivity contribution in [3.05, 3.63) is 29.6 Å². The van der Waals surface area contributed by atoms with E-state index in [4.69, 9.17) is 0 Å². The van der Waals surface area contributed by atoms with Crippen molar-refractivity contribution in [1.82, 2.24) is 19.8 Å². The minimum Gasteiger partial charge on any atom is -0.389 e. The number of imide groups is 1. The number of nitrogens with one attached hydrogen (secondary N) is 1. The number of β-amino-alcohol motifs (C(OH)–C–C–N with tert-alkyl or cyclic N) is 1. The average molecular weight is 399 g/mol.